The standard InChI is InChI=1S/C25H28N4OS/c30-25-11-10-20-9-8-19(17-22(20)27-25)5-2-1-3-12-28-13-15-29(16-14-28)23-6-4-7-24-21(23)18-26-31-24/h4,6-11,17-18H,1-3,5,12-16H2,(H,27,30). The van der Waals surface area contributed by atoms with E-state index < -0.39 is 0 Å². The Bertz CT molecular complexity index is 1220. The van der Waals surface area contributed by atoms with Gasteiger partial charge in [0.1, 0.15) is 0 Å². The van der Waals surface area contributed by atoms with Crippen LogP contribution in [0.4, 0.5) is 5.69 Å². The Hall–Kier alpha value is -2.70. The summed E-state index contributed by atoms with van der Waals surface area (Å²) in [6.45, 7) is 5.62. The molecule has 1 fully saturated rings. The number of benzene rings is 2. The molecule has 0 atom stereocenters. The van der Waals surface area contributed by atoms with Crippen LogP contribution >= 0.6 is 11.5 Å². The second kappa shape index (κ2) is 9.20. The van der Waals surface area contributed by atoms with Crippen LogP contribution in [0.1, 0.15) is 24.8 Å². The van der Waals surface area contributed by atoms with E-state index in [0.717, 1.165) is 43.5 Å². The van der Waals surface area contributed by atoms with Gasteiger partial charge in [-0.25, -0.2) is 0 Å². The Balaban J connectivity index is 1.05. The number of unbranched alkanes of at least 4 members (excludes halogenated alkanes) is 2. The van der Waals surface area contributed by atoms with E-state index in [1.807, 2.05) is 12.3 Å². The molecular formula is C25H28N4OS. The summed E-state index contributed by atoms with van der Waals surface area (Å²) in [5.41, 5.74) is 3.55. The summed E-state index contributed by atoms with van der Waals surface area (Å²) in [6, 6.07) is 16.4. The van der Waals surface area contributed by atoms with E-state index in [0.29, 0.717) is 0 Å². The van der Waals surface area contributed by atoms with Crippen LogP contribution < -0.4 is 10.5 Å². The first kappa shape index (κ1) is 20.2. The van der Waals surface area contributed by atoms with Gasteiger partial charge in [-0.2, -0.15) is 4.37 Å². The molecule has 6 heteroatoms. The normalized spacial score (nSPS) is 15.2. The number of piperazine rings is 1. The molecule has 2 aromatic heterocycles. The van der Waals surface area contributed by atoms with Gasteiger partial charge < -0.3 is 9.88 Å². The lowest BCUT2D eigenvalue weighted by Gasteiger charge is -2.36. The molecule has 0 unspecified atom stereocenters. The number of rotatable bonds is 7. The summed E-state index contributed by atoms with van der Waals surface area (Å²) < 4.78 is 5.63. The molecule has 3 heterocycles. The number of H-pyrrole nitrogens is 1. The Morgan fingerprint density at radius 2 is 1.84 bits per heavy atom. The molecule has 4 aromatic rings. The zero-order valence-electron chi connectivity index (χ0n) is 17.7. The van der Waals surface area contributed by atoms with Crippen molar-refractivity contribution in [3.8, 4) is 0 Å². The highest BCUT2D eigenvalue weighted by atomic mass is 32.1. The van der Waals surface area contributed by atoms with Crippen molar-refractivity contribution in [1.29, 1.82) is 0 Å². The third kappa shape index (κ3) is 4.65. The van der Waals surface area contributed by atoms with Gasteiger partial charge in [0.2, 0.25) is 5.56 Å². The van der Waals surface area contributed by atoms with E-state index in [-0.39, 0.29) is 5.56 Å². The fourth-order valence-corrected chi connectivity index (χ4v) is 5.23. The Kier molecular flexibility index (Phi) is 6.00. The first-order chi connectivity index (χ1) is 15.3. The molecular weight excluding hydrogens is 404 g/mol. The second-order valence-corrected chi connectivity index (χ2v) is 9.23. The van der Waals surface area contributed by atoms with Crippen molar-refractivity contribution >= 4 is 38.2 Å². The molecule has 1 aliphatic heterocycles. The van der Waals surface area contributed by atoms with Crippen molar-refractivity contribution in [1.82, 2.24) is 14.3 Å². The number of anilines is 1. The van der Waals surface area contributed by atoms with Crippen LogP contribution in [0, 0.1) is 0 Å². The lowest BCUT2D eigenvalue weighted by molar-refractivity contribution is 0.252. The first-order valence-corrected chi connectivity index (χ1v) is 12.0. The number of hydrogen-bond acceptors (Lipinski definition) is 5. The van der Waals surface area contributed by atoms with E-state index in [1.165, 1.54) is 47.1 Å². The van der Waals surface area contributed by atoms with Gasteiger partial charge in [0.15, 0.2) is 0 Å². The van der Waals surface area contributed by atoms with Crippen LogP contribution in [0.5, 0.6) is 0 Å². The number of aromatic nitrogens is 2. The topological polar surface area (TPSA) is 52.2 Å². The van der Waals surface area contributed by atoms with E-state index in [9.17, 15) is 4.79 Å². The van der Waals surface area contributed by atoms with E-state index in [4.69, 9.17) is 0 Å². The minimum absolute atomic E-state index is 0.0339. The van der Waals surface area contributed by atoms with E-state index >= 15 is 0 Å². The van der Waals surface area contributed by atoms with Crippen molar-refractivity contribution < 1.29 is 0 Å². The highest BCUT2D eigenvalue weighted by Gasteiger charge is 2.18. The van der Waals surface area contributed by atoms with Gasteiger partial charge in [0.25, 0.3) is 0 Å². The molecule has 1 saturated heterocycles. The molecule has 0 radical (unpaired) electrons. The first-order valence-electron chi connectivity index (χ1n) is 11.2. The molecule has 5 nitrogen and oxygen atoms in total. The minimum atomic E-state index is -0.0339. The lowest BCUT2D eigenvalue weighted by atomic mass is 10.0. The van der Waals surface area contributed by atoms with Gasteiger partial charge in [-0.1, -0.05) is 24.6 Å². The Morgan fingerprint density at radius 3 is 2.74 bits per heavy atom. The SMILES string of the molecule is O=c1ccc2ccc(CCCCCN3CCN(c4cccc5sncc45)CC3)cc2[nH]1. The van der Waals surface area contributed by atoms with Crippen LogP contribution in [0.2, 0.25) is 0 Å². The summed E-state index contributed by atoms with van der Waals surface area (Å²) in [7, 11) is 0. The number of hydrogen-bond donors (Lipinski definition) is 1. The summed E-state index contributed by atoms with van der Waals surface area (Å²) in [5, 5.41) is 2.38. The summed E-state index contributed by atoms with van der Waals surface area (Å²) >= 11 is 1.58. The Morgan fingerprint density at radius 1 is 0.968 bits per heavy atom. The van der Waals surface area contributed by atoms with Gasteiger partial charge in [-0.15, -0.1) is 0 Å². The smallest absolute Gasteiger partial charge is 0.248 e. The second-order valence-electron chi connectivity index (χ2n) is 8.40. The number of pyridine rings is 1. The molecule has 5 rings (SSSR count). The number of nitrogens with one attached hydrogen (secondary N) is 1. The molecule has 0 aliphatic carbocycles. The zero-order chi connectivity index (χ0) is 21.0. The van der Waals surface area contributed by atoms with E-state index in [1.54, 1.807) is 17.6 Å². The fraction of sp³-hybridized carbons (Fsp3) is 0.360. The van der Waals surface area contributed by atoms with Crippen molar-refractivity contribution in [2.45, 2.75) is 25.7 Å². The monoisotopic (exact) mass is 432 g/mol. The fourth-order valence-electron chi connectivity index (χ4n) is 4.56. The maximum absolute atomic E-state index is 11.5. The summed E-state index contributed by atoms with van der Waals surface area (Å²) in [6.07, 6.45) is 6.75. The maximum Gasteiger partial charge on any atom is 0.248 e. The number of nitrogens with zero attached hydrogens (tertiary/aromatic N) is 3. The van der Waals surface area contributed by atoms with Crippen LogP contribution in [0.25, 0.3) is 21.0 Å². The van der Waals surface area contributed by atoms with Crippen molar-refractivity contribution in [3.63, 3.8) is 0 Å². The van der Waals surface area contributed by atoms with Gasteiger partial charge >= 0.3 is 0 Å². The van der Waals surface area contributed by atoms with Gasteiger partial charge in [-0.3, -0.25) is 9.69 Å². The maximum atomic E-state index is 11.5. The molecule has 1 aliphatic rings. The predicted molar refractivity (Wildman–Crippen MR) is 130 cm³/mol. The van der Waals surface area contributed by atoms with Crippen LogP contribution in [-0.2, 0) is 6.42 Å². The molecule has 0 bridgehead atoms. The molecule has 1 N–H and O–H groups in total. The molecule has 0 amide bonds. The largest absolute Gasteiger partial charge is 0.368 e. The summed E-state index contributed by atoms with van der Waals surface area (Å²) in [4.78, 5) is 19.6. The Labute approximate surface area is 186 Å². The number of aryl methyl sites for hydroxylation is 1. The van der Waals surface area contributed by atoms with Gasteiger partial charge in [0, 0.05) is 48.8 Å². The number of aromatic amines is 1. The minimum Gasteiger partial charge on any atom is -0.368 e. The van der Waals surface area contributed by atoms with Crippen molar-refractivity contribution in [3.05, 3.63) is 70.6 Å². The highest BCUT2D eigenvalue weighted by Crippen LogP contribution is 2.29. The van der Waals surface area contributed by atoms with Gasteiger partial charge in [0.05, 0.1) is 10.9 Å². The molecule has 0 saturated carbocycles. The average Bonchev–Trinajstić information content (AvgIpc) is 3.28. The summed E-state index contributed by atoms with van der Waals surface area (Å²) in [5.74, 6) is 0. The van der Waals surface area contributed by atoms with Crippen molar-refractivity contribution in [2.24, 2.45) is 0 Å². The third-order valence-corrected chi connectivity index (χ3v) is 7.08. The van der Waals surface area contributed by atoms with Gasteiger partial charge in [-0.05, 0) is 72.6 Å². The van der Waals surface area contributed by atoms with Crippen LogP contribution in [-0.4, -0.2) is 47.0 Å². The lowest BCUT2D eigenvalue weighted by Crippen LogP contribution is -2.46. The predicted octanol–water partition coefficient (Wildman–Crippen LogP) is 4.67. The van der Waals surface area contributed by atoms with Crippen LogP contribution in [0.15, 0.2) is 59.5 Å². The molecule has 31 heavy (non-hydrogen) atoms. The molecule has 160 valence electrons. The zero-order valence-corrected chi connectivity index (χ0v) is 18.5. The highest BCUT2D eigenvalue weighted by molar-refractivity contribution is 7.13. The molecule has 0 spiro atoms. The van der Waals surface area contributed by atoms with Crippen LogP contribution in [0.3, 0.4) is 0 Å². The number of fused-ring (bicyclic) bond motifs is 2. The average molecular weight is 433 g/mol. The van der Waals surface area contributed by atoms with Crippen molar-refractivity contribution in [2.75, 3.05) is 37.6 Å². The van der Waals surface area contributed by atoms with E-state index in [2.05, 4.69) is 55.6 Å². The molecule has 2 aromatic carbocycles. The quantitative estimate of drug-likeness (QED) is 0.431. The third-order valence-electron chi connectivity index (χ3n) is 6.32.